The predicted molar refractivity (Wildman–Crippen MR) is 42.7 cm³/mol. The molecule has 0 aromatic carbocycles. The minimum absolute atomic E-state index is 0.544. The average molecular weight is 141 g/mol. The highest BCUT2D eigenvalue weighted by Crippen LogP contribution is 2.24. The number of rotatable bonds is 2. The van der Waals surface area contributed by atoms with Crippen LogP contribution in [0.5, 0.6) is 0 Å². The zero-order chi connectivity index (χ0) is 7.40. The quantitative estimate of drug-likeness (QED) is 0.574. The Balaban J connectivity index is 2.13. The summed E-state index contributed by atoms with van der Waals surface area (Å²) < 4.78 is 5.50. The predicted octanol–water partition coefficient (Wildman–Crippen LogP) is 2.42. The van der Waals surface area contributed by atoms with Crippen molar-refractivity contribution in [1.29, 1.82) is 0 Å². The van der Waals surface area contributed by atoms with Crippen molar-refractivity contribution in [2.24, 2.45) is 5.92 Å². The number of hydrogen-bond acceptors (Lipinski definition) is 1. The summed E-state index contributed by atoms with van der Waals surface area (Å²) in [6, 6.07) is 0. The van der Waals surface area contributed by atoms with Gasteiger partial charge in [-0.05, 0) is 38.5 Å². The van der Waals surface area contributed by atoms with Gasteiger partial charge in [0.05, 0.1) is 6.10 Å². The third-order valence-electron chi connectivity index (χ3n) is 2.20. The molecule has 0 unspecified atom stereocenters. The van der Waals surface area contributed by atoms with Crippen molar-refractivity contribution in [3.63, 3.8) is 0 Å². The van der Waals surface area contributed by atoms with Crippen LogP contribution >= 0.6 is 0 Å². The molecule has 1 rings (SSSR count). The molecule has 1 fully saturated rings. The lowest BCUT2D eigenvalue weighted by atomic mass is 9.89. The van der Waals surface area contributed by atoms with Crippen LogP contribution in [0.2, 0.25) is 0 Å². The zero-order valence-electron chi connectivity index (χ0n) is 6.81. The highest BCUT2D eigenvalue weighted by atomic mass is 16.5. The molecule has 1 radical (unpaired) electrons. The first-order valence-electron chi connectivity index (χ1n) is 4.27. The van der Waals surface area contributed by atoms with E-state index in [2.05, 4.69) is 13.8 Å². The van der Waals surface area contributed by atoms with Gasteiger partial charge in [0.15, 0.2) is 0 Å². The third-order valence-corrected chi connectivity index (χ3v) is 2.20. The molecule has 0 aliphatic heterocycles. The Morgan fingerprint density at radius 3 is 2.40 bits per heavy atom. The van der Waals surface area contributed by atoms with Crippen molar-refractivity contribution in [3.8, 4) is 0 Å². The van der Waals surface area contributed by atoms with Crippen LogP contribution in [0, 0.1) is 12.8 Å². The zero-order valence-corrected chi connectivity index (χ0v) is 6.81. The van der Waals surface area contributed by atoms with Gasteiger partial charge in [0, 0.05) is 6.61 Å². The van der Waals surface area contributed by atoms with Crippen LogP contribution in [0.4, 0.5) is 0 Å². The van der Waals surface area contributed by atoms with E-state index in [4.69, 9.17) is 4.74 Å². The van der Waals surface area contributed by atoms with Crippen molar-refractivity contribution >= 4 is 0 Å². The molecule has 0 spiro atoms. The lowest BCUT2D eigenvalue weighted by Gasteiger charge is -2.25. The van der Waals surface area contributed by atoms with E-state index in [9.17, 15) is 0 Å². The molecule has 1 heteroatoms. The van der Waals surface area contributed by atoms with Gasteiger partial charge < -0.3 is 4.74 Å². The van der Waals surface area contributed by atoms with Gasteiger partial charge in [-0.15, -0.1) is 0 Å². The van der Waals surface area contributed by atoms with E-state index in [-0.39, 0.29) is 0 Å². The van der Waals surface area contributed by atoms with Gasteiger partial charge in [-0.3, -0.25) is 0 Å². The summed E-state index contributed by atoms with van der Waals surface area (Å²) in [5, 5.41) is 0. The van der Waals surface area contributed by atoms with Crippen LogP contribution in [0.25, 0.3) is 0 Å². The molecule has 0 atom stereocenters. The van der Waals surface area contributed by atoms with E-state index >= 15 is 0 Å². The topological polar surface area (TPSA) is 9.23 Å². The largest absolute Gasteiger partial charge is 0.379 e. The van der Waals surface area contributed by atoms with Gasteiger partial charge in [-0.25, -0.2) is 0 Å². The Labute approximate surface area is 63.8 Å². The maximum atomic E-state index is 5.50. The van der Waals surface area contributed by atoms with E-state index in [1.807, 2.05) is 0 Å². The minimum atomic E-state index is 0.544. The highest BCUT2D eigenvalue weighted by molar-refractivity contribution is 4.73. The van der Waals surface area contributed by atoms with E-state index in [0.29, 0.717) is 12.0 Å². The summed E-state index contributed by atoms with van der Waals surface area (Å²) in [6.45, 7) is 6.97. The summed E-state index contributed by atoms with van der Waals surface area (Å²) in [7, 11) is 0. The molecule has 0 saturated heterocycles. The molecule has 1 aliphatic carbocycles. The smallest absolute Gasteiger partial charge is 0.0575 e. The van der Waals surface area contributed by atoms with Gasteiger partial charge in [0.2, 0.25) is 0 Å². The summed E-state index contributed by atoms with van der Waals surface area (Å²) in [6.07, 6.45) is 5.50. The molecule has 1 nitrogen and oxygen atoms in total. The van der Waals surface area contributed by atoms with Gasteiger partial charge in [0.25, 0.3) is 0 Å². The molecule has 0 aromatic heterocycles. The summed E-state index contributed by atoms with van der Waals surface area (Å²) in [5.41, 5.74) is 0. The first kappa shape index (κ1) is 8.06. The first-order chi connectivity index (χ1) is 4.83. The molecular weight excluding hydrogens is 124 g/mol. The number of hydrogen-bond donors (Lipinski definition) is 0. The molecule has 1 saturated carbocycles. The Morgan fingerprint density at radius 2 is 1.90 bits per heavy atom. The lowest BCUT2D eigenvalue weighted by molar-refractivity contribution is 0.0300. The monoisotopic (exact) mass is 141 g/mol. The lowest BCUT2D eigenvalue weighted by Crippen LogP contribution is -2.20. The molecule has 0 N–H and O–H groups in total. The molecule has 0 aromatic rings. The van der Waals surface area contributed by atoms with Crippen molar-refractivity contribution in [2.75, 3.05) is 6.61 Å². The van der Waals surface area contributed by atoms with Gasteiger partial charge in [0.1, 0.15) is 0 Å². The number of ether oxygens (including phenoxy) is 1. The maximum Gasteiger partial charge on any atom is 0.0575 e. The second-order valence-electron chi connectivity index (χ2n) is 3.10. The molecule has 0 bridgehead atoms. The fraction of sp³-hybridized carbons (Fsp3) is 0.889. The Kier molecular flexibility index (Phi) is 3.20. The minimum Gasteiger partial charge on any atom is -0.379 e. The van der Waals surface area contributed by atoms with Gasteiger partial charge in [-0.1, -0.05) is 6.92 Å². The van der Waals surface area contributed by atoms with Crippen molar-refractivity contribution in [1.82, 2.24) is 0 Å². The summed E-state index contributed by atoms with van der Waals surface area (Å²) in [4.78, 5) is 0. The third kappa shape index (κ3) is 2.30. The van der Waals surface area contributed by atoms with Crippen LogP contribution in [-0.4, -0.2) is 12.7 Å². The molecule has 0 amide bonds. The SMILES string of the molecule is [CH2]C1CCC(OCC)CC1. The Hall–Kier alpha value is -0.0400. The van der Waals surface area contributed by atoms with Crippen LogP contribution in [0.1, 0.15) is 32.6 Å². The Morgan fingerprint density at radius 1 is 1.30 bits per heavy atom. The van der Waals surface area contributed by atoms with E-state index in [1.54, 1.807) is 0 Å². The highest BCUT2D eigenvalue weighted by Gasteiger charge is 2.17. The van der Waals surface area contributed by atoms with Crippen LogP contribution in [0.3, 0.4) is 0 Å². The summed E-state index contributed by atoms with van der Waals surface area (Å²) in [5.74, 6) is 0.691. The van der Waals surface area contributed by atoms with Crippen molar-refractivity contribution in [2.45, 2.75) is 38.7 Å². The molecule has 59 valence electrons. The first-order valence-corrected chi connectivity index (χ1v) is 4.27. The van der Waals surface area contributed by atoms with E-state index in [1.165, 1.54) is 25.7 Å². The maximum absolute atomic E-state index is 5.50. The Bertz CT molecular complexity index is 82.7. The van der Waals surface area contributed by atoms with E-state index < -0.39 is 0 Å². The molecular formula is C9H17O. The molecule has 0 heterocycles. The molecule has 1 aliphatic rings. The van der Waals surface area contributed by atoms with Gasteiger partial charge >= 0.3 is 0 Å². The normalized spacial score (nSPS) is 34.2. The fourth-order valence-electron chi connectivity index (χ4n) is 1.53. The average Bonchev–Trinajstić information content (AvgIpc) is 1.95. The van der Waals surface area contributed by atoms with Crippen molar-refractivity contribution in [3.05, 3.63) is 6.92 Å². The van der Waals surface area contributed by atoms with Gasteiger partial charge in [-0.2, -0.15) is 0 Å². The van der Waals surface area contributed by atoms with Crippen LogP contribution in [-0.2, 0) is 4.74 Å². The van der Waals surface area contributed by atoms with E-state index in [0.717, 1.165) is 6.61 Å². The molecule has 10 heavy (non-hydrogen) atoms. The second kappa shape index (κ2) is 3.97. The standard InChI is InChI=1S/C9H17O/c1-3-10-9-6-4-8(2)5-7-9/h8-9H,2-7H2,1H3. The van der Waals surface area contributed by atoms with Crippen LogP contribution in [0.15, 0.2) is 0 Å². The summed E-state index contributed by atoms with van der Waals surface area (Å²) >= 11 is 0. The second-order valence-corrected chi connectivity index (χ2v) is 3.10. The fourth-order valence-corrected chi connectivity index (χ4v) is 1.53. The van der Waals surface area contributed by atoms with Crippen molar-refractivity contribution < 1.29 is 4.74 Å². The van der Waals surface area contributed by atoms with Crippen LogP contribution < -0.4 is 0 Å².